The quantitative estimate of drug-likeness (QED) is 0.187. The van der Waals surface area contributed by atoms with Crippen LogP contribution in [0.5, 0.6) is 0 Å². The van der Waals surface area contributed by atoms with Crippen molar-refractivity contribution in [2.45, 2.75) is 39.7 Å². The van der Waals surface area contributed by atoms with Crippen molar-refractivity contribution >= 4 is 52.9 Å². The summed E-state index contributed by atoms with van der Waals surface area (Å²) in [6, 6.07) is 3.65. The molecule has 5 nitrogen and oxygen atoms in total. The summed E-state index contributed by atoms with van der Waals surface area (Å²) in [5.74, 6) is 0.752. The number of nitrogens with zero attached hydrogens (tertiary/aromatic N) is 2. The van der Waals surface area contributed by atoms with E-state index >= 15 is 0 Å². The van der Waals surface area contributed by atoms with Crippen LogP contribution < -0.4 is 10.6 Å². The van der Waals surface area contributed by atoms with Gasteiger partial charge in [-0.25, -0.2) is 0 Å². The second-order valence-electron chi connectivity index (χ2n) is 5.54. The largest absolute Gasteiger partial charge is 0.386 e. The Morgan fingerprint density at radius 1 is 1.24 bits per heavy atom. The molecule has 0 aromatic carbocycles. The van der Waals surface area contributed by atoms with E-state index in [9.17, 15) is 5.11 Å². The Morgan fingerprint density at radius 3 is 2.52 bits per heavy atom. The highest BCUT2D eigenvalue weighted by Gasteiger charge is 2.10. The third kappa shape index (κ3) is 10.6. The third-order valence-electron chi connectivity index (χ3n) is 3.78. The molecule has 0 bridgehead atoms. The van der Waals surface area contributed by atoms with Gasteiger partial charge in [-0.3, -0.25) is 4.99 Å². The molecule has 0 aliphatic carbocycles. The zero-order valence-corrected chi connectivity index (χ0v) is 19.3. The average Bonchev–Trinajstić information content (AvgIpc) is 3.02. The monoisotopic (exact) mass is 502 g/mol. The lowest BCUT2D eigenvalue weighted by Crippen LogP contribution is -2.38. The first-order chi connectivity index (χ1) is 11.6. The number of nitrogens with one attached hydrogen (secondary N) is 2. The van der Waals surface area contributed by atoms with Gasteiger partial charge in [0, 0.05) is 18.0 Å². The van der Waals surface area contributed by atoms with Crippen LogP contribution in [0.2, 0.25) is 4.34 Å². The second-order valence-corrected chi connectivity index (χ2v) is 7.28. The molecule has 1 unspecified atom stereocenters. The smallest absolute Gasteiger partial charge is 0.191 e. The Morgan fingerprint density at radius 2 is 1.96 bits per heavy atom. The van der Waals surface area contributed by atoms with Crippen LogP contribution in [0.3, 0.4) is 0 Å². The maximum atomic E-state index is 10.2. The molecule has 0 fully saturated rings. The molecule has 0 saturated carbocycles. The van der Waals surface area contributed by atoms with Crippen LogP contribution in [0.15, 0.2) is 17.1 Å². The van der Waals surface area contributed by atoms with Crippen LogP contribution in [-0.4, -0.2) is 55.2 Å². The molecule has 0 aliphatic rings. The first-order valence-electron chi connectivity index (χ1n) is 8.78. The number of hydrogen-bond donors (Lipinski definition) is 3. The van der Waals surface area contributed by atoms with Crippen LogP contribution in [0.25, 0.3) is 0 Å². The van der Waals surface area contributed by atoms with E-state index in [1.807, 2.05) is 13.0 Å². The minimum absolute atomic E-state index is 0. The molecule has 1 aromatic heterocycles. The van der Waals surface area contributed by atoms with E-state index in [0.29, 0.717) is 10.9 Å². The SMILES string of the molecule is CCNC(=NCC(O)c1ccc(Cl)s1)NCCCCN(CC)CC.I. The van der Waals surface area contributed by atoms with Crippen LogP contribution in [0.4, 0.5) is 0 Å². The van der Waals surface area contributed by atoms with Crippen LogP contribution >= 0.6 is 46.9 Å². The fourth-order valence-electron chi connectivity index (χ4n) is 2.32. The van der Waals surface area contributed by atoms with Crippen molar-refractivity contribution < 1.29 is 5.11 Å². The van der Waals surface area contributed by atoms with Gasteiger partial charge in [0.15, 0.2) is 5.96 Å². The summed E-state index contributed by atoms with van der Waals surface area (Å²) in [6.45, 7) is 11.8. The van der Waals surface area contributed by atoms with Gasteiger partial charge in [0.1, 0.15) is 6.10 Å². The molecule has 1 aromatic rings. The van der Waals surface area contributed by atoms with Crippen LogP contribution in [0.1, 0.15) is 44.6 Å². The van der Waals surface area contributed by atoms with Crippen LogP contribution in [0, 0.1) is 0 Å². The van der Waals surface area contributed by atoms with Gasteiger partial charge in [0.2, 0.25) is 0 Å². The van der Waals surface area contributed by atoms with E-state index in [2.05, 4.69) is 34.4 Å². The zero-order valence-electron chi connectivity index (χ0n) is 15.4. The average molecular weight is 503 g/mol. The minimum Gasteiger partial charge on any atom is -0.386 e. The zero-order chi connectivity index (χ0) is 17.8. The van der Waals surface area contributed by atoms with Gasteiger partial charge in [0.05, 0.1) is 10.9 Å². The Labute approximate surface area is 178 Å². The van der Waals surface area contributed by atoms with Gasteiger partial charge in [0.25, 0.3) is 0 Å². The molecule has 0 aliphatic heterocycles. The lowest BCUT2D eigenvalue weighted by molar-refractivity contribution is 0.191. The van der Waals surface area contributed by atoms with E-state index in [4.69, 9.17) is 11.6 Å². The van der Waals surface area contributed by atoms with Crippen LogP contribution in [-0.2, 0) is 0 Å². The topological polar surface area (TPSA) is 59.9 Å². The number of unbranched alkanes of at least 4 members (excludes halogenated alkanes) is 1. The highest BCUT2D eigenvalue weighted by molar-refractivity contribution is 14.0. The van der Waals surface area contributed by atoms with Crippen molar-refractivity contribution in [3.63, 3.8) is 0 Å². The van der Waals surface area contributed by atoms with Gasteiger partial charge in [-0.05, 0) is 51.5 Å². The van der Waals surface area contributed by atoms with E-state index in [-0.39, 0.29) is 24.0 Å². The number of halogens is 2. The van der Waals surface area contributed by atoms with Crippen molar-refractivity contribution in [3.05, 3.63) is 21.3 Å². The summed E-state index contributed by atoms with van der Waals surface area (Å²) in [4.78, 5) is 7.74. The summed E-state index contributed by atoms with van der Waals surface area (Å²) < 4.78 is 0.686. The Hall–Kier alpha value is -0.0900. The first kappa shape index (κ1) is 24.9. The van der Waals surface area contributed by atoms with Gasteiger partial charge in [-0.2, -0.15) is 0 Å². The molecule has 1 heterocycles. The van der Waals surface area contributed by atoms with Gasteiger partial charge in [-0.15, -0.1) is 35.3 Å². The fraction of sp³-hybridized carbons (Fsp3) is 0.706. The molecule has 0 saturated heterocycles. The minimum atomic E-state index is -0.611. The van der Waals surface area contributed by atoms with Crippen molar-refractivity contribution in [3.8, 4) is 0 Å². The number of aliphatic hydroxyl groups excluding tert-OH is 1. The highest BCUT2D eigenvalue weighted by Crippen LogP contribution is 2.26. The van der Waals surface area contributed by atoms with Gasteiger partial charge in [-0.1, -0.05) is 25.4 Å². The third-order valence-corrected chi connectivity index (χ3v) is 5.11. The Kier molecular flexibility index (Phi) is 15.0. The van der Waals surface area contributed by atoms with E-state index in [0.717, 1.165) is 50.0 Å². The molecule has 0 radical (unpaired) electrons. The molecular weight excluding hydrogens is 471 g/mol. The maximum absolute atomic E-state index is 10.2. The lowest BCUT2D eigenvalue weighted by Gasteiger charge is -2.18. The predicted molar refractivity (Wildman–Crippen MR) is 121 cm³/mol. The molecular formula is C17H32ClIN4OS. The number of rotatable bonds is 11. The molecule has 146 valence electrons. The molecule has 0 amide bonds. The molecule has 3 N–H and O–H groups in total. The number of hydrogen-bond acceptors (Lipinski definition) is 4. The normalized spacial score (nSPS) is 12.8. The highest BCUT2D eigenvalue weighted by atomic mass is 127. The molecule has 0 spiro atoms. The summed E-state index contributed by atoms with van der Waals surface area (Å²) in [7, 11) is 0. The molecule has 1 atom stereocenters. The predicted octanol–water partition coefficient (Wildman–Crippen LogP) is 3.73. The fourth-order valence-corrected chi connectivity index (χ4v) is 3.36. The Balaban J connectivity index is 0.00000576. The first-order valence-corrected chi connectivity index (χ1v) is 9.97. The van der Waals surface area contributed by atoms with Crippen molar-refractivity contribution in [1.82, 2.24) is 15.5 Å². The van der Waals surface area contributed by atoms with E-state index < -0.39 is 6.10 Å². The summed E-state index contributed by atoms with van der Waals surface area (Å²) in [5.41, 5.74) is 0. The molecule has 1 rings (SSSR count). The molecule has 25 heavy (non-hydrogen) atoms. The van der Waals surface area contributed by atoms with Crippen molar-refractivity contribution in [1.29, 1.82) is 0 Å². The van der Waals surface area contributed by atoms with Gasteiger partial charge >= 0.3 is 0 Å². The summed E-state index contributed by atoms with van der Waals surface area (Å²) in [6.07, 6.45) is 1.66. The van der Waals surface area contributed by atoms with E-state index in [1.165, 1.54) is 17.8 Å². The summed E-state index contributed by atoms with van der Waals surface area (Å²) >= 11 is 7.29. The maximum Gasteiger partial charge on any atom is 0.191 e. The second kappa shape index (κ2) is 15.0. The van der Waals surface area contributed by atoms with E-state index in [1.54, 1.807) is 6.07 Å². The van der Waals surface area contributed by atoms with Crippen molar-refractivity contribution in [2.24, 2.45) is 4.99 Å². The lowest BCUT2D eigenvalue weighted by atomic mass is 10.3. The standard InChI is InChI=1S/C17H31ClN4OS.HI/c1-4-19-17(20-11-7-8-12-22(5-2)6-3)21-13-14(23)15-9-10-16(18)24-15;/h9-10,14,23H,4-8,11-13H2,1-3H3,(H2,19,20,21);1H. The number of thiophene rings is 1. The number of guanidine groups is 1. The number of aliphatic imine (C=N–C) groups is 1. The molecule has 8 heteroatoms. The van der Waals surface area contributed by atoms with Crippen molar-refractivity contribution in [2.75, 3.05) is 39.3 Å². The van der Waals surface area contributed by atoms with Gasteiger partial charge < -0.3 is 20.6 Å². The summed E-state index contributed by atoms with van der Waals surface area (Å²) in [5, 5.41) is 16.7. The Bertz CT molecular complexity index is 483. The number of aliphatic hydroxyl groups is 1.